The summed E-state index contributed by atoms with van der Waals surface area (Å²) in [6.07, 6.45) is 0. The Morgan fingerprint density at radius 3 is 2.63 bits per heavy atom. The molecule has 2 aromatic rings. The Balaban J connectivity index is 1.66. The van der Waals surface area contributed by atoms with Crippen molar-refractivity contribution in [3.05, 3.63) is 43.0 Å². The van der Waals surface area contributed by atoms with Crippen molar-refractivity contribution in [2.75, 3.05) is 6.79 Å². The number of fused-ring (bicyclic) bond motifs is 1. The molecule has 1 aliphatic heterocycles. The third-order valence-corrected chi connectivity index (χ3v) is 5.50. The molecule has 3 nitrogen and oxygen atoms in total. The Morgan fingerprint density at radius 2 is 1.89 bits per heavy atom. The van der Waals surface area contributed by atoms with Crippen LogP contribution in [0.2, 0.25) is 0 Å². The first-order valence-electron chi connectivity index (χ1n) is 5.74. The van der Waals surface area contributed by atoms with Crippen LogP contribution in [0.25, 0.3) is 0 Å². The van der Waals surface area contributed by atoms with Gasteiger partial charge in [-0.15, -0.1) is 11.3 Å². The van der Waals surface area contributed by atoms with E-state index in [1.54, 1.807) is 11.3 Å². The zero-order valence-electron chi connectivity index (χ0n) is 9.91. The first-order chi connectivity index (χ1) is 9.24. The van der Waals surface area contributed by atoms with Crippen molar-refractivity contribution in [1.82, 2.24) is 5.32 Å². The van der Waals surface area contributed by atoms with Crippen molar-refractivity contribution in [1.29, 1.82) is 0 Å². The summed E-state index contributed by atoms with van der Waals surface area (Å²) in [4.78, 5) is 1.30. The molecule has 3 rings (SSSR count). The molecule has 0 saturated carbocycles. The normalized spacial score (nSPS) is 12.9. The molecule has 1 N–H and O–H groups in total. The van der Waals surface area contributed by atoms with Crippen LogP contribution in [0.15, 0.2) is 32.5 Å². The molecule has 19 heavy (non-hydrogen) atoms. The second-order valence-corrected chi connectivity index (χ2v) is 6.80. The molecule has 0 fully saturated rings. The van der Waals surface area contributed by atoms with Crippen LogP contribution < -0.4 is 14.8 Å². The summed E-state index contributed by atoms with van der Waals surface area (Å²) < 4.78 is 12.9. The zero-order valence-corrected chi connectivity index (χ0v) is 13.9. The minimum Gasteiger partial charge on any atom is -0.454 e. The van der Waals surface area contributed by atoms with Gasteiger partial charge >= 0.3 is 0 Å². The third kappa shape index (κ3) is 2.97. The number of halogens is 2. The van der Waals surface area contributed by atoms with Gasteiger partial charge in [0.1, 0.15) is 0 Å². The molecule has 1 aromatic carbocycles. The van der Waals surface area contributed by atoms with E-state index in [2.05, 4.69) is 48.6 Å². The van der Waals surface area contributed by atoms with Gasteiger partial charge in [-0.05, 0) is 45.1 Å². The van der Waals surface area contributed by atoms with Gasteiger partial charge in [0.15, 0.2) is 11.5 Å². The van der Waals surface area contributed by atoms with Gasteiger partial charge in [0, 0.05) is 26.9 Å². The summed E-state index contributed by atoms with van der Waals surface area (Å²) >= 11 is 8.84. The number of benzene rings is 1. The summed E-state index contributed by atoms with van der Waals surface area (Å²) in [5.74, 6) is 1.62. The average Bonchev–Trinajstić information content (AvgIpc) is 2.99. The fourth-order valence-corrected chi connectivity index (χ4v) is 3.78. The van der Waals surface area contributed by atoms with Crippen LogP contribution in [-0.4, -0.2) is 6.79 Å². The highest BCUT2D eigenvalue weighted by atomic mass is 79.9. The SMILES string of the molecule is Brc1cc2c(cc1CNCc1sccc1Br)OCO2. The second-order valence-electron chi connectivity index (χ2n) is 4.09. The van der Waals surface area contributed by atoms with Crippen LogP contribution in [0.3, 0.4) is 0 Å². The number of nitrogens with one attached hydrogen (secondary N) is 1. The van der Waals surface area contributed by atoms with Crippen LogP contribution >= 0.6 is 43.2 Å². The monoisotopic (exact) mass is 403 g/mol. The fourth-order valence-electron chi connectivity index (χ4n) is 1.86. The highest BCUT2D eigenvalue weighted by Gasteiger charge is 2.16. The van der Waals surface area contributed by atoms with Crippen LogP contribution in [0.1, 0.15) is 10.4 Å². The number of thiophene rings is 1. The Morgan fingerprint density at radius 1 is 1.11 bits per heavy atom. The van der Waals surface area contributed by atoms with Gasteiger partial charge < -0.3 is 14.8 Å². The maximum atomic E-state index is 5.39. The molecule has 0 unspecified atom stereocenters. The maximum Gasteiger partial charge on any atom is 0.231 e. The summed E-state index contributed by atoms with van der Waals surface area (Å²) in [5.41, 5.74) is 1.16. The molecule has 0 saturated heterocycles. The van der Waals surface area contributed by atoms with Gasteiger partial charge in [0.25, 0.3) is 0 Å². The molecular weight excluding hydrogens is 394 g/mol. The number of hydrogen-bond donors (Lipinski definition) is 1. The van der Waals surface area contributed by atoms with E-state index in [1.165, 1.54) is 4.88 Å². The number of rotatable bonds is 4. The first-order valence-corrected chi connectivity index (χ1v) is 8.21. The van der Waals surface area contributed by atoms with E-state index in [0.29, 0.717) is 6.79 Å². The molecule has 6 heteroatoms. The zero-order chi connectivity index (χ0) is 13.2. The smallest absolute Gasteiger partial charge is 0.231 e. The number of ether oxygens (including phenoxy) is 2. The lowest BCUT2D eigenvalue weighted by Crippen LogP contribution is -2.12. The van der Waals surface area contributed by atoms with E-state index >= 15 is 0 Å². The molecule has 0 amide bonds. The molecule has 100 valence electrons. The molecular formula is C13H11Br2NO2S. The Kier molecular flexibility index (Phi) is 4.12. The molecule has 0 spiro atoms. The van der Waals surface area contributed by atoms with Crippen LogP contribution in [0, 0.1) is 0 Å². The van der Waals surface area contributed by atoms with Crippen LogP contribution in [-0.2, 0) is 13.1 Å². The van der Waals surface area contributed by atoms with Crippen LogP contribution in [0.4, 0.5) is 0 Å². The van der Waals surface area contributed by atoms with Crippen molar-refractivity contribution >= 4 is 43.2 Å². The molecule has 0 aliphatic carbocycles. The van der Waals surface area contributed by atoms with Gasteiger partial charge in [-0.1, -0.05) is 15.9 Å². The third-order valence-electron chi connectivity index (χ3n) is 2.83. The van der Waals surface area contributed by atoms with Gasteiger partial charge in [-0.25, -0.2) is 0 Å². The topological polar surface area (TPSA) is 30.5 Å². The van der Waals surface area contributed by atoms with Crippen LogP contribution in [0.5, 0.6) is 11.5 Å². The molecule has 0 bridgehead atoms. The highest BCUT2D eigenvalue weighted by Crippen LogP contribution is 2.36. The van der Waals surface area contributed by atoms with E-state index < -0.39 is 0 Å². The Hall–Kier alpha value is -0.560. The lowest BCUT2D eigenvalue weighted by Gasteiger charge is -2.08. The average molecular weight is 405 g/mol. The van der Waals surface area contributed by atoms with Crippen molar-refractivity contribution in [2.24, 2.45) is 0 Å². The molecule has 0 radical (unpaired) electrons. The lowest BCUT2D eigenvalue weighted by atomic mass is 10.2. The van der Waals surface area contributed by atoms with Gasteiger partial charge in [0.05, 0.1) is 0 Å². The molecule has 1 aromatic heterocycles. The van der Waals surface area contributed by atoms with Gasteiger partial charge in [-0.3, -0.25) is 0 Å². The quantitative estimate of drug-likeness (QED) is 0.824. The Bertz CT molecular complexity index is 600. The summed E-state index contributed by atoms with van der Waals surface area (Å²) in [5, 5.41) is 5.51. The molecule has 1 aliphatic rings. The maximum absolute atomic E-state index is 5.39. The predicted octanol–water partition coefficient (Wildman–Crippen LogP) is 4.29. The van der Waals surface area contributed by atoms with Crippen molar-refractivity contribution in [3.63, 3.8) is 0 Å². The predicted molar refractivity (Wildman–Crippen MR) is 82.8 cm³/mol. The van der Waals surface area contributed by atoms with E-state index in [4.69, 9.17) is 9.47 Å². The van der Waals surface area contributed by atoms with E-state index in [-0.39, 0.29) is 0 Å². The standard InChI is InChI=1S/C13H11Br2NO2S/c14-9-1-2-19-13(9)6-16-5-8-3-11-12(4-10(8)15)18-7-17-11/h1-4,16H,5-7H2. The highest BCUT2D eigenvalue weighted by molar-refractivity contribution is 9.10. The van der Waals surface area contributed by atoms with Crippen molar-refractivity contribution in [3.8, 4) is 11.5 Å². The van der Waals surface area contributed by atoms with Crippen molar-refractivity contribution < 1.29 is 9.47 Å². The minimum atomic E-state index is 0.306. The van der Waals surface area contributed by atoms with E-state index in [9.17, 15) is 0 Å². The van der Waals surface area contributed by atoms with Crippen molar-refractivity contribution in [2.45, 2.75) is 13.1 Å². The lowest BCUT2D eigenvalue weighted by molar-refractivity contribution is 0.174. The second kappa shape index (κ2) is 5.83. The number of hydrogen-bond acceptors (Lipinski definition) is 4. The molecule has 2 heterocycles. The van der Waals surface area contributed by atoms with E-state index in [0.717, 1.165) is 39.1 Å². The summed E-state index contributed by atoms with van der Waals surface area (Å²) in [6.45, 7) is 1.93. The fraction of sp³-hybridized carbons (Fsp3) is 0.231. The van der Waals surface area contributed by atoms with Gasteiger partial charge in [0.2, 0.25) is 6.79 Å². The minimum absolute atomic E-state index is 0.306. The van der Waals surface area contributed by atoms with Gasteiger partial charge in [-0.2, -0.15) is 0 Å². The summed E-state index contributed by atoms with van der Waals surface area (Å²) in [6, 6.07) is 6.04. The largest absolute Gasteiger partial charge is 0.454 e. The summed E-state index contributed by atoms with van der Waals surface area (Å²) in [7, 11) is 0. The Labute approximate surface area is 132 Å². The first kappa shape index (κ1) is 13.4. The van der Waals surface area contributed by atoms with E-state index in [1.807, 2.05) is 12.1 Å². The molecule has 0 atom stereocenters.